The van der Waals surface area contributed by atoms with Gasteiger partial charge in [0.15, 0.2) is 4.34 Å². The van der Waals surface area contributed by atoms with Gasteiger partial charge in [-0.1, -0.05) is 11.8 Å². The van der Waals surface area contributed by atoms with Crippen LogP contribution in [0.25, 0.3) is 10.2 Å². The number of amides is 2. The molecule has 2 N–H and O–H groups in total. The van der Waals surface area contributed by atoms with E-state index >= 15 is 0 Å². The van der Waals surface area contributed by atoms with Gasteiger partial charge in [-0.3, -0.25) is 9.59 Å². The third-order valence-electron chi connectivity index (χ3n) is 3.14. The maximum Gasteiger partial charge on any atom is 0.234 e. The average Bonchev–Trinajstić information content (AvgIpc) is 2.97. The van der Waals surface area contributed by atoms with Crippen LogP contribution < -0.4 is 10.6 Å². The Morgan fingerprint density at radius 3 is 2.56 bits per heavy atom. The molecule has 8 heteroatoms. The van der Waals surface area contributed by atoms with Crippen molar-refractivity contribution in [2.45, 2.75) is 11.3 Å². The lowest BCUT2D eigenvalue weighted by Gasteiger charge is -2.03. The Balaban J connectivity index is 1.61. The van der Waals surface area contributed by atoms with E-state index < -0.39 is 0 Å². The summed E-state index contributed by atoms with van der Waals surface area (Å²) < 4.78 is 14.6. The van der Waals surface area contributed by atoms with Gasteiger partial charge in [0.1, 0.15) is 5.82 Å². The molecule has 3 rings (SSSR count). The molecule has 0 aliphatic rings. The van der Waals surface area contributed by atoms with E-state index in [-0.39, 0.29) is 23.4 Å². The molecule has 0 radical (unpaired) electrons. The standard InChI is InChI=1S/C17H14FN3O2S2/c1-10(22)19-13-6-7-14-15(8-13)25-17(21-14)24-9-16(23)20-12-4-2-11(18)3-5-12/h2-8H,9H2,1H3,(H,19,22)(H,20,23). The van der Waals surface area contributed by atoms with Crippen LogP contribution in [0.15, 0.2) is 46.8 Å². The zero-order chi connectivity index (χ0) is 17.8. The summed E-state index contributed by atoms with van der Waals surface area (Å²) in [7, 11) is 0. The van der Waals surface area contributed by atoms with Crippen molar-refractivity contribution in [1.82, 2.24) is 4.98 Å². The number of halogens is 1. The first-order valence-corrected chi connectivity index (χ1v) is 9.16. The molecule has 0 bridgehead atoms. The molecular weight excluding hydrogens is 361 g/mol. The summed E-state index contributed by atoms with van der Waals surface area (Å²) >= 11 is 2.79. The molecule has 2 amide bonds. The molecule has 2 aromatic carbocycles. The van der Waals surface area contributed by atoms with Crippen molar-refractivity contribution < 1.29 is 14.0 Å². The number of anilines is 2. The van der Waals surface area contributed by atoms with Gasteiger partial charge in [0.2, 0.25) is 11.8 Å². The largest absolute Gasteiger partial charge is 0.326 e. The first kappa shape index (κ1) is 17.4. The quantitative estimate of drug-likeness (QED) is 0.658. The van der Waals surface area contributed by atoms with E-state index in [9.17, 15) is 14.0 Å². The number of hydrogen-bond donors (Lipinski definition) is 2. The highest BCUT2D eigenvalue weighted by molar-refractivity contribution is 8.01. The Labute approximate surface area is 151 Å². The predicted octanol–water partition coefficient (Wildman–Crippen LogP) is 4.12. The van der Waals surface area contributed by atoms with Crippen LogP contribution in [-0.4, -0.2) is 22.6 Å². The monoisotopic (exact) mass is 375 g/mol. The molecule has 0 aliphatic heterocycles. The molecule has 0 saturated carbocycles. The van der Waals surface area contributed by atoms with Crippen molar-refractivity contribution >= 4 is 56.5 Å². The topological polar surface area (TPSA) is 71.1 Å². The van der Waals surface area contributed by atoms with Crippen LogP contribution in [0.5, 0.6) is 0 Å². The molecule has 0 fully saturated rings. The maximum atomic E-state index is 12.8. The summed E-state index contributed by atoms with van der Waals surface area (Å²) in [6.45, 7) is 1.46. The molecule has 0 aliphatic carbocycles. The van der Waals surface area contributed by atoms with Gasteiger partial charge in [-0.25, -0.2) is 9.37 Å². The molecule has 3 aromatic rings. The fraction of sp³-hybridized carbons (Fsp3) is 0.118. The Morgan fingerprint density at radius 2 is 1.84 bits per heavy atom. The number of hydrogen-bond acceptors (Lipinski definition) is 5. The zero-order valence-corrected chi connectivity index (χ0v) is 14.8. The van der Waals surface area contributed by atoms with Gasteiger partial charge in [-0.15, -0.1) is 11.3 Å². The first-order chi connectivity index (χ1) is 12.0. The van der Waals surface area contributed by atoms with Crippen LogP contribution in [0.1, 0.15) is 6.92 Å². The number of rotatable bonds is 5. The molecule has 0 unspecified atom stereocenters. The highest BCUT2D eigenvalue weighted by Gasteiger charge is 2.09. The minimum Gasteiger partial charge on any atom is -0.326 e. The number of aromatic nitrogens is 1. The number of carbonyl (C=O) groups is 2. The number of benzene rings is 2. The van der Waals surface area contributed by atoms with Gasteiger partial charge in [-0.2, -0.15) is 0 Å². The van der Waals surface area contributed by atoms with Crippen molar-refractivity contribution in [3.05, 3.63) is 48.3 Å². The van der Waals surface area contributed by atoms with Crippen LogP contribution in [0.3, 0.4) is 0 Å². The van der Waals surface area contributed by atoms with E-state index in [0.717, 1.165) is 14.6 Å². The molecule has 0 atom stereocenters. The maximum absolute atomic E-state index is 12.8. The molecule has 5 nitrogen and oxygen atoms in total. The van der Waals surface area contributed by atoms with Gasteiger partial charge >= 0.3 is 0 Å². The third kappa shape index (κ3) is 4.77. The number of nitrogens with one attached hydrogen (secondary N) is 2. The predicted molar refractivity (Wildman–Crippen MR) is 99.7 cm³/mol. The minimum absolute atomic E-state index is 0.129. The smallest absolute Gasteiger partial charge is 0.234 e. The summed E-state index contributed by atoms with van der Waals surface area (Å²) in [6, 6.07) is 11.1. The van der Waals surface area contributed by atoms with Gasteiger partial charge in [0, 0.05) is 18.3 Å². The van der Waals surface area contributed by atoms with E-state index in [1.54, 1.807) is 6.07 Å². The molecule has 1 aromatic heterocycles. The molecule has 0 saturated heterocycles. The van der Waals surface area contributed by atoms with Gasteiger partial charge in [0.25, 0.3) is 0 Å². The molecule has 0 spiro atoms. The lowest BCUT2D eigenvalue weighted by atomic mass is 10.3. The highest BCUT2D eigenvalue weighted by Crippen LogP contribution is 2.31. The van der Waals surface area contributed by atoms with E-state index in [1.165, 1.54) is 54.3 Å². The second-order valence-corrected chi connectivity index (χ2v) is 7.44. The average molecular weight is 375 g/mol. The van der Waals surface area contributed by atoms with Crippen molar-refractivity contribution in [1.29, 1.82) is 0 Å². The fourth-order valence-corrected chi connectivity index (χ4v) is 4.01. The number of fused-ring (bicyclic) bond motifs is 1. The summed E-state index contributed by atoms with van der Waals surface area (Å²) in [5, 5.41) is 5.44. The number of carbonyl (C=O) groups excluding carboxylic acids is 2. The first-order valence-electron chi connectivity index (χ1n) is 7.36. The highest BCUT2D eigenvalue weighted by atomic mass is 32.2. The van der Waals surface area contributed by atoms with Gasteiger partial charge < -0.3 is 10.6 Å². The van der Waals surface area contributed by atoms with Gasteiger partial charge in [0.05, 0.1) is 16.0 Å². The van der Waals surface area contributed by atoms with Gasteiger partial charge in [-0.05, 0) is 42.5 Å². The summed E-state index contributed by atoms with van der Waals surface area (Å²) in [5.41, 5.74) is 2.09. The van der Waals surface area contributed by atoms with Crippen LogP contribution in [0.4, 0.5) is 15.8 Å². The molecule has 25 heavy (non-hydrogen) atoms. The Bertz CT molecular complexity index is 925. The number of nitrogens with zero attached hydrogens (tertiary/aromatic N) is 1. The molecule has 1 heterocycles. The normalized spacial score (nSPS) is 10.6. The second kappa shape index (κ2) is 7.62. The van der Waals surface area contributed by atoms with E-state index in [1.807, 2.05) is 12.1 Å². The van der Waals surface area contributed by atoms with Crippen LogP contribution in [-0.2, 0) is 9.59 Å². The third-order valence-corrected chi connectivity index (χ3v) is 5.31. The van der Waals surface area contributed by atoms with Crippen molar-refractivity contribution in [2.75, 3.05) is 16.4 Å². The lowest BCUT2D eigenvalue weighted by Crippen LogP contribution is -2.13. The fourth-order valence-electron chi connectivity index (χ4n) is 2.10. The van der Waals surface area contributed by atoms with Crippen molar-refractivity contribution in [2.24, 2.45) is 0 Å². The van der Waals surface area contributed by atoms with Crippen molar-refractivity contribution in [3.8, 4) is 0 Å². The summed E-state index contributed by atoms with van der Waals surface area (Å²) in [6.07, 6.45) is 0. The van der Waals surface area contributed by atoms with E-state index in [0.29, 0.717) is 11.4 Å². The molecule has 128 valence electrons. The van der Waals surface area contributed by atoms with Crippen molar-refractivity contribution in [3.63, 3.8) is 0 Å². The van der Waals surface area contributed by atoms with E-state index in [4.69, 9.17) is 0 Å². The minimum atomic E-state index is -0.347. The van der Waals surface area contributed by atoms with Crippen LogP contribution in [0.2, 0.25) is 0 Å². The Hall–Kier alpha value is -2.45. The SMILES string of the molecule is CC(=O)Nc1ccc2nc(SCC(=O)Nc3ccc(F)cc3)sc2c1. The zero-order valence-electron chi connectivity index (χ0n) is 13.2. The molecular formula is C17H14FN3O2S2. The van der Waals surface area contributed by atoms with Crippen LogP contribution >= 0.6 is 23.1 Å². The Morgan fingerprint density at radius 1 is 1.12 bits per heavy atom. The Kier molecular flexibility index (Phi) is 5.30. The number of thioether (sulfide) groups is 1. The van der Waals surface area contributed by atoms with Crippen LogP contribution in [0, 0.1) is 5.82 Å². The second-order valence-electron chi connectivity index (χ2n) is 5.19. The lowest BCUT2D eigenvalue weighted by molar-refractivity contribution is -0.114. The number of thiazole rings is 1. The summed E-state index contributed by atoms with van der Waals surface area (Å²) in [4.78, 5) is 27.5. The van der Waals surface area contributed by atoms with E-state index in [2.05, 4.69) is 15.6 Å². The summed E-state index contributed by atoms with van der Waals surface area (Å²) in [5.74, 6) is -0.457.